The summed E-state index contributed by atoms with van der Waals surface area (Å²) in [5.41, 5.74) is 2.36. The summed E-state index contributed by atoms with van der Waals surface area (Å²) in [6.45, 7) is 6.42. The first-order chi connectivity index (χ1) is 10.7. The molecule has 22 heavy (non-hydrogen) atoms. The van der Waals surface area contributed by atoms with E-state index in [-0.39, 0.29) is 0 Å². The number of hydrogen-bond donors (Lipinski definition) is 1. The van der Waals surface area contributed by atoms with Gasteiger partial charge in [-0.1, -0.05) is 29.2 Å². The number of methoxy groups -OCH3 is 2. The smallest absolute Gasteiger partial charge is 0.206 e. The van der Waals surface area contributed by atoms with Crippen LogP contribution in [-0.2, 0) is 5.75 Å². The van der Waals surface area contributed by atoms with E-state index in [1.54, 1.807) is 43.4 Å². The summed E-state index contributed by atoms with van der Waals surface area (Å²) in [5, 5.41) is 12.2. The second-order valence-electron chi connectivity index (χ2n) is 4.47. The van der Waals surface area contributed by atoms with Gasteiger partial charge in [0.15, 0.2) is 15.8 Å². The highest BCUT2D eigenvalue weighted by Crippen LogP contribution is 2.34. The van der Waals surface area contributed by atoms with Crippen molar-refractivity contribution in [2.24, 2.45) is 0 Å². The molecular formula is C15H19N3O2S2. The van der Waals surface area contributed by atoms with Crippen LogP contribution >= 0.6 is 23.1 Å². The van der Waals surface area contributed by atoms with Crippen molar-refractivity contribution in [1.29, 1.82) is 0 Å². The summed E-state index contributed by atoms with van der Waals surface area (Å²) >= 11 is 3.20. The minimum Gasteiger partial charge on any atom is -0.493 e. The molecule has 1 aromatic heterocycles. The maximum absolute atomic E-state index is 5.35. The number of thioether (sulfide) groups is 1. The topological polar surface area (TPSA) is 56.3 Å². The van der Waals surface area contributed by atoms with Crippen molar-refractivity contribution in [3.8, 4) is 11.5 Å². The predicted molar refractivity (Wildman–Crippen MR) is 92.4 cm³/mol. The average molecular weight is 337 g/mol. The fraction of sp³-hybridized carbons (Fsp3) is 0.333. The molecule has 1 N–H and O–H groups in total. The molecule has 118 valence electrons. The lowest BCUT2D eigenvalue weighted by molar-refractivity contribution is 0.354. The van der Waals surface area contributed by atoms with Gasteiger partial charge in [0.2, 0.25) is 5.13 Å². The van der Waals surface area contributed by atoms with E-state index >= 15 is 0 Å². The van der Waals surface area contributed by atoms with Crippen LogP contribution in [0.2, 0.25) is 0 Å². The van der Waals surface area contributed by atoms with Crippen LogP contribution in [-0.4, -0.2) is 31.0 Å². The Kier molecular flexibility index (Phi) is 6.09. The number of anilines is 1. The molecule has 0 aliphatic heterocycles. The number of aromatic nitrogens is 2. The van der Waals surface area contributed by atoms with Crippen LogP contribution in [0.4, 0.5) is 5.13 Å². The lowest BCUT2D eigenvalue weighted by Gasteiger charge is -2.12. The van der Waals surface area contributed by atoms with E-state index in [1.807, 2.05) is 12.1 Å². The molecule has 7 heteroatoms. The molecule has 0 aliphatic rings. The molecule has 0 radical (unpaired) electrons. The number of nitrogens with zero attached hydrogens (tertiary/aromatic N) is 2. The highest BCUT2D eigenvalue weighted by Gasteiger charge is 2.10. The Morgan fingerprint density at radius 3 is 2.68 bits per heavy atom. The zero-order valence-electron chi connectivity index (χ0n) is 12.9. The van der Waals surface area contributed by atoms with E-state index in [2.05, 4.69) is 29.0 Å². The highest BCUT2D eigenvalue weighted by molar-refractivity contribution is 8.00. The Hall–Kier alpha value is -1.73. The average Bonchev–Trinajstić information content (AvgIpc) is 2.99. The molecule has 2 rings (SSSR count). The lowest BCUT2D eigenvalue weighted by Crippen LogP contribution is -1.96. The van der Waals surface area contributed by atoms with E-state index in [4.69, 9.17) is 9.47 Å². The molecule has 1 aromatic carbocycles. The van der Waals surface area contributed by atoms with E-state index < -0.39 is 0 Å². The van der Waals surface area contributed by atoms with Gasteiger partial charge in [-0.05, 0) is 30.2 Å². The third-order valence-electron chi connectivity index (χ3n) is 3.00. The standard InChI is InChI=1S/C15H19N3O2S2/c1-5-6-16-14-17-18-15(22-14)21-9-11-8-13(20-4)12(19-3)7-10(11)2/h5,7-8H,1,6,9H2,2-4H3,(H,16,17). The van der Waals surface area contributed by atoms with Gasteiger partial charge >= 0.3 is 0 Å². The molecule has 0 aliphatic carbocycles. The van der Waals surface area contributed by atoms with Crippen LogP contribution in [0, 0.1) is 6.92 Å². The minimum absolute atomic E-state index is 0.689. The molecule has 0 saturated carbocycles. The summed E-state index contributed by atoms with van der Waals surface area (Å²) in [6, 6.07) is 4.00. The molecule has 5 nitrogen and oxygen atoms in total. The highest BCUT2D eigenvalue weighted by atomic mass is 32.2. The van der Waals surface area contributed by atoms with Gasteiger partial charge < -0.3 is 14.8 Å². The molecule has 0 unspecified atom stereocenters. The Bertz CT molecular complexity index is 644. The predicted octanol–water partition coefficient (Wildman–Crippen LogP) is 3.75. The van der Waals surface area contributed by atoms with Gasteiger partial charge in [0.1, 0.15) is 0 Å². The van der Waals surface area contributed by atoms with Crippen molar-refractivity contribution >= 4 is 28.2 Å². The molecule has 1 heterocycles. The van der Waals surface area contributed by atoms with Gasteiger partial charge in [0.05, 0.1) is 14.2 Å². The quantitative estimate of drug-likeness (QED) is 0.585. The number of ether oxygens (including phenoxy) is 2. The van der Waals surface area contributed by atoms with E-state index in [0.717, 1.165) is 26.7 Å². The number of benzene rings is 1. The van der Waals surface area contributed by atoms with E-state index in [0.29, 0.717) is 6.54 Å². The summed E-state index contributed by atoms with van der Waals surface area (Å²) in [6.07, 6.45) is 1.79. The normalized spacial score (nSPS) is 10.3. The Labute approximate surface area is 138 Å². The zero-order chi connectivity index (χ0) is 15.9. The fourth-order valence-corrected chi connectivity index (χ4v) is 3.64. The van der Waals surface area contributed by atoms with Crippen molar-refractivity contribution in [1.82, 2.24) is 10.2 Å². The molecule has 0 atom stereocenters. The maximum atomic E-state index is 5.35. The second kappa shape index (κ2) is 8.05. The Morgan fingerprint density at radius 1 is 1.27 bits per heavy atom. The SMILES string of the molecule is C=CCNc1nnc(SCc2cc(OC)c(OC)cc2C)s1. The van der Waals surface area contributed by atoms with Crippen LogP contribution in [0.15, 0.2) is 29.1 Å². The van der Waals surface area contributed by atoms with Crippen LogP contribution in [0.1, 0.15) is 11.1 Å². The number of rotatable bonds is 8. The second-order valence-corrected chi connectivity index (χ2v) is 6.67. The lowest BCUT2D eigenvalue weighted by atomic mass is 10.1. The van der Waals surface area contributed by atoms with Crippen molar-refractivity contribution < 1.29 is 9.47 Å². The van der Waals surface area contributed by atoms with Gasteiger partial charge in [-0.15, -0.1) is 16.8 Å². The molecule has 2 aromatic rings. The van der Waals surface area contributed by atoms with Crippen LogP contribution < -0.4 is 14.8 Å². The zero-order valence-corrected chi connectivity index (χ0v) is 14.5. The molecular weight excluding hydrogens is 318 g/mol. The molecule has 0 spiro atoms. The first-order valence-corrected chi connectivity index (χ1v) is 8.50. The molecule has 0 saturated heterocycles. The summed E-state index contributed by atoms with van der Waals surface area (Å²) in [5.74, 6) is 2.30. The van der Waals surface area contributed by atoms with Crippen LogP contribution in [0.5, 0.6) is 11.5 Å². The van der Waals surface area contributed by atoms with Crippen LogP contribution in [0.3, 0.4) is 0 Å². The van der Waals surface area contributed by atoms with Gasteiger partial charge in [0, 0.05) is 12.3 Å². The Morgan fingerprint density at radius 2 is 2.00 bits per heavy atom. The van der Waals surface area contributed by atoms with Crippen molar-refractivity contribution in [3.05, 3.63) is 35.9 Å². The number of nitrogens with one attached hydrogen (secondary N) is 1. The molecule has 0 amide bonds. The van der Waals surface area contributed by atoms with Crippen molar-refractivity contribution in [3.63, 3.8) is 0 Å². The van der Waals surface area contributed by atoms with Crippen LogP contribution in [0.25, 0.3) is 0 Å². The first-order valence-electron chi connectivity index (χ1n) is 6.70. The summed E-state index contributed by atoms with van der Waals surface area (Å²) in [4.78, 5) is 0. The minimum atomic E-state index is 0.689. The summed E-state index contributed by atoms with van der Waals surface area (Å²) < 4.78 is 11.6. The van der Waals surface area contributed by atoms with E-state index in [9.17, 15) is 0 Å². The van der Waals surface area contributed by atoms with Gasteiger partial charge in [-0.25, -0.2) is 0 Å². The first kappa shape index (κ1) is 16.6. The molecule has 0 fully saturated rings. The monoisotopic (exact) mass is 337 g/mol. The van der Waals surface area contributed by atoms with E-state index in [1.165, 1.54) is 11.1 Å². The van der Waals surface area contributed by atoms with Gasteiger partial charge in [0.25, 0.3) is 0 Å². The third-order valence-corrected chi connectivity index (χ3v) is 5.06. The third kappa shape index (κ3) is 4.14. The number of hydrogen-bond acceptors (Lipinski definition) is 7. The fourth-order valence-electron chi connectivity index (χ4n) is 1.82. The Balaban J connectivity index is 2.04. The van der Waals surface area contributed by atoms with Crippen molar-refractivity contribution in [2.45, 2.75) is 17.0 Å². The van der Waals surface area contributed by atoms with Crippen molar-refractivity contribution in [2.75, 3.05) is 26.1 Å². The number of aryl methyl sites for hydroxylation is 1. The van der Waals surface area contributed by atoms with Gasteiger partial charge in [-0.2, -0.15) is 0 Å². The maximum Gasteiger partial charge on any atom is 0.206 e. The van der Waals surface area contributed by atoms with Gasteiger partial charge in [-0.3, -0.25) is 0 Å². The summed E-state index contributed by atoms with van der Waals surface area (Å²) in [7, 11) is 3.29. The molecule has 0 bridgehead atoms. The largest absolute Gasteiger partial charge is 0.493 e.